The van der Waals surface area contributed by atoms with E-state index in [9.17, 15) is 9.18 Å². The summed E-state index contributed by atoms with van der Waals surface area (Å²) in [4.78, 5) is 10.3. The molecule has 1 aromatic rings. The first-order valence-corrected chi connectivity index (χ1v) is 4.18. The highest BCUT2D eigenvalue weighted by Crippen LogP contribution is 2.11. The monoisotopic (exact) mass is 197 g/mol. The van der Waals surface area contributed by atoms with Gasteiger partial charge in [-0.3, -0.25) is 4.79 Å². The number of carbonyl (C=O) groups is 1. The number of aliphatic hydroxyl groups excluding tert-OH is 1. The van der Waals surface area contributed by atoms with Crippen molar-refractivity contribution in [3.05, 3.63) is 29.8 Å². The van der Waals surface area contributed by atoms with Crippen molar-refractivity contribution >= 4 is 6.29 Å². The van der Waals surface area contributed by atoms with Crippen LogP contribution in [0, 0.1) is 0 Å². The third kappa shape index (κ3) is 3.14. The summed E-state index contributed by atoms with van der Waals surface area (Å²) >= 11 is 0. The molecule has 0 bridgehead atoms. The Kier molecular flexibility index (Phi) is 4.07. The third-order valence-corrected chi connectivity index (χ3v) is 1.64. The van der Waals surface area contributed by atoms with Crippen molar-refractivity contribution < 1.29 is 19.0 Å². The van der Waals surface area contributed by atoms with Gasteiger partial charge in [-0.15, -0.1) is 0 Å². The average Bonchev–Trinajstić information content (AvgIpc) is 2.26. The van der Waals surface area contributed by atoms with Gasteiger partial charge in [0.25, 0.3) is 0 Å². The molecule has 1 atom stereocenters. The van der Waals surface area contributed by atoms with Crippen LogP contribution >= 0.6 is 0 Å². The molecular formula is C10H11FO3. The van der Waals surface area contributed by atoms with Gasteiger partial charge in [-0.05, 0) is 24.3 Å². The Morgan fingerprint density at radius 1 is 1.43 bits per heavy atom. The smallest absolute Gasteiger partial charge is 0.150 e. The van der Waals surface area contributed by atoms with Crippen molar-refractivity contribution in [3.8, 4) is 5.75 Å². The molecule has 1 unspecified atom stereocenters. The number of aldehydes is 1. The highest BCUT2D eigenvalue weighted by atomic mass is 18.2. The lowest BCUT2D eigenvalue weighted by atomic mass is 10.2. The number of hydrogen-bond acceptors (Lipinski definition) is 3. The van der Waals surface area contributed by atoms with Crippen LogP contribution < -0.4 is 4.74 Å². The highest BCUT2D eigenvalue weighted by molar-refractivity contribution is 5.74. The molecule has 0 aromatic heterocycles. The van der Waals surface area contributed by atoms with Crippen LogP contribution in [-0.4, -0.2) is 30.8 Å². The normalized spacial score (nSPS) is 12.1. The van der Waals surface area contributed by atoms with Gasteiger partial charge in [0.05, 0.1) is 0 Å². The van der Waals surface area contributed by atoms with Crippen molar-refractivity contribution in [2.75, 3.05) is 13.3 Å². The Morgan fingerprint density at radius 3 is 2.57 bits per heavy atom. The van der Waals surface area contributed by atoms with Gasteiger partial charge in [0.2, 0.25) is 0 Å². The molecule has 14 heavy (non-hydrogen) atoms. The molecule has 3 nitrogen and oxygen atoms in total. The van der Waals surface area contributed by atoms with Gasteiger partial charge in [0.1, 0.15) is 31.4 Å². The van der Waals surface area contributed by atoms with Crippen LogP contribution in [0.1, 0.15) is 10.4 Å². The van der Waals surface area contributed by atoms with Crippen LogP contribution in [-0.2, 0) is 0 Å². The first kappa shape index (κ1) is 10.7. The Labute approximate surface area is 81.1 Å². The lowest BCUT2D eigenvalue weighted by Crippen LogP contribution is -2.19. The SMILES string of the molecule is O=Cc1ccc(OCC(O)C[18F])cc1. The van der Waals surface area contributed by atoms with E-state index in [-0.39, 0.29) is 6.61 Å². The number of hydrogen-bond donors (Lipinski definition) is 1. The van der Waals surface area contributed by atoms with Crippen LogP contribution in [0.25, 0.3) is 0 Å². The van der Waals surface area contributed by atoms with E-state index in [1.54, 1.807) is 24.3 Å². The average molecular weight is 197 g/mol. The Hall–Kier alpha value is -1.42. The van der Waals surface area contributed by atoms with Gasteiger partial charge in [0, 0.05) is 5.56 Å². The molecule has 0 aliphatic heterocycles. The second kappa shape index (κ2) is 5.34. The minimum absolute atomic E-state index is 0.0864. The molecule has 0 saturated carbocycles. The summed E-state index contributed by atoms with van der Waals surface area (Å²) in [5.74, 6) is 0.503. The van der Waals surface area contributed by atoms with E-state index >= 15 is 0 Å². The Balaban J connectivity index is 2.47. The van der Waals surface area contributed by atoms with Gasteiger partial charge in [-0.1, -0.05) is 0 Å². The molecule has 0 amide bonds. The second-order valence-corrected chi connectivity index (χ2v) is 2.81. The van der Waals surface area contributed by atoms with E-state index in [1.807, 2.05) is 0 Å². The maximum absolute atomic E-state index is 11.8. The molecule has 0 radical (unpaired) electrons. The minimum Gasteiger partial charge on any atom is -0.491 e. The first-order valence-electron chi connectivity index (χ1n) is 4.18. The number of rotatable bonds is 5. The van der Waals surface area contributed by atoms with Crippen molar-refractivity contribution in [2.45, 2.75) is 6.10 Å². The largest absolute Gasteiger partial charge is 0.491 e. The van der Waals surface area contributed by atoms with Crippen LogP contribution in [0.3, 0.4) is 0 Å². The summed E-state index contributed by atoms with van der Waals surface area (Å²) in [5.41, 5.74) is 0.545. The van der Waals surface area contributed by atoms with E-state index < -0.39 is 12.8 Å². The number of ether oxygens (including phenoxy) is 1. The predicted octanol–water partition coefficient (Wildman–Crippen LogP) is 1.21. The zero-order chi connectivity index (χ0) is 10.4. The fraction of sp³-hybridized carbons (Fsp3) is 0.300. The van der Waals surface area contributed by atoms with E-state index in [2.05, 4.69) is 0 Å². The molecule has 4 heteroatoms. The van der Waals surface area contributed by atoms with Crippen LogP contribution in [0.5, 0.6) is 5.75 Å². The molecule has 0 spiro atoms. The highest BCUT2D eigenvalue weighted by Gasteiger charge is 2.03. The van der Waals surface area contributed by atoms with Gasteiger partial charge in [-0.2, -0.15) is 0 Å². The molecule has 76 valence electrons. The Bertz CT molecular complexity index is 284. The number of carbonyl (C=O) groups excluding carboxylic acids is 1. The number of benzene rings is 1. The molecule has 0 aliphatic carbocycles. The summed E-state index contributed by atoms with van der Waals surface area (Å²) < 4.78 is 16.9. The summed E-state index contributed by atoms with van der Waals surface area (Å²) in [6, 6.07) is 6.36. The summed E-state index contributed by atoms with van der Waals surface area (Å²) in [7, 11) is 0. The second-order valence-electron chi connectivity index (χ2n) is 2.81. The molecular weight excluding hydrogens is 186 g/mol. The summed E-state index contributed by atoms with van der Waals surface area (Å²) in [6.07, 6.45) is -0.374. The van der Waals surface area contributed by atoms with Gasteiger partial charge in [-0.25, -0.2) is 4.39 Å². The minimum atomic E-state index is -1.10. The van der Waals surface area contributed by atoms with Gasteiger partial charge < -0.3 is 9.84 Å². The quantitative estimate of drug-likeness (QED) is 0.721. The van der Waals surface area contributed by atoms with E-state index in [1.165, 1.54) is 0 Å². The maximum atomic E-state index is 11.8. The van der Waals surface area contributed by atoms with Crippen molar-refractivity contribution in [1.29, 1.82) is 0 Å². The van der Waals surface area contributed by atoms with Crippen molar-refractivity contribution in [1.82, 2.24) is 0 Å². The van der Waals surface area contributed by atoms with E-state index in [0.29, 0.717) is 11.3 Å². The van der Waals surface area contributed by atoms with E-state index in [4.69, 9.17) is 9.84 Å². The zero-order valence-corrected chi connectivity index (χ0v) is 7.52. The fourth-order valence-corrected chi connectivity index (χ4v) is 0.880. The van der Waals surface area contributed by atoms with Crippen molar-refractivity contribution in [3.63, 3.8) is 0 Å². The number of aliphatic hydroxyl groups is 1. The molecule has 1 N–H and O–H groups in total. The lowest BCUT2D eigenvalue weighted by molar-refractivity contribution is 0.0842. The molecule has 0 aliphatic rings. The zero-order valence-electron chi connectivity index (χ0n) is 7.52. The number of alkyl halides is 1. The molecule has 0 fully saturated rings. The summed E-state index contributed by atoms with van der Waals surface area (Å²) in [6.45, 7) is -0.913. The first-order chi connectivity index (χ1) is 6.76. The fourth-order valence-electron chi connectivity index (χ4n) is 0.880. The van der Waals surface area contributed by atoms with E-state index in [0.717, 1.165) is 6.29 Å². The molecule has 0 heterocycles. The van der Waals surface area contributed by atoms with Crippen LogP contribution in [0.4, 0.5) is 4.39 Å². The molecule has 0 saturated heterocycles. The van der Waals surface area contributed by atoms with Gasteiger partial charge in [0.15, 0.2) is 0 Å². The van der Waals surface area contributed by atoms with Crippen LogP contribution in [0.15, 0.2) is 24.3 Å². The predicted molar refractivity (Wildman–Crippen MR) is 49.3 cm³/mol. The standard InChI is InChI=1S/C10H11FO3/c11-5-9(13)7-14-10-3-1-8(6-12)2-4-10/h1-4,6,9,13H,5,7H2/i11-1. The van der Waals surface area contributed by atoms with Crippen molar-refractivity contribution in [2.24, 2.45) is 0 Å². The maximum Gasteiger partial charge on any atom is 0.150 e. The topological polar surface area (TPSA) is 46.5 Å². The lowest BCUT2D eigenvalue weighted by Gasteiger charge is -2.08. The van der Waals surface area contributed by atoms with Gasteiger partial charge >= 0.3 is 0 Å². The summed E-state index contributed by atoms with van der Waals surface area (Å²) in [5, 5.41) is 8.86. The Morgan fingerprint density at radius 2 is 2.07 bits per heavy atom. The number of halogens is 1. The molecule has 1 rings (SSSR count). The van der Waals surface area contributed by atoms with Crippen LogP contribution in [0.2, 0.25) is 0 Å². The third-order valence-electron chi connectivity index (χ3n) is 1.64. The molecule has 1 aromatic carbocycles.